The van der Waals surface area contributed by atoms with Crippen molar-refractivity contribution < 1.29 is 10.2 Å². The minimum atomic E-state index is -0.554. The zero-order valence-electron chi connectivity index (χ0n) is 14.9. The van der Waals surface area contributed by atoms with Crippen LogP contribution in [0, 0.1) is 0 Å². The van der Waals surface area contributed by atoms with Gasteiger partial charge in [0.15, 0.2) is 0 Å². The molecule has 2 unspecified atom stereocenters. The fraction of sp³-hybridized carbons (Fsp3) is 0.368. The largest absolute Gasteiger partial charge is 0.388 e. The van der Waals surface area contributed by atoms with Gasteiger partial charge in [0.05, 0.1) is 32.3 Å². The molecule has 0 aliphatic heterocycles. The fourth-order valence-corrected chi connectivity index (χ4v) is 2.98. The fourth-order valence-electron chi connectivity index (χ4n) is 1.99. The van der Waals surface area contributed by atoms with Gasteiger partial charge in [-0.15, -0.1) is 0 Å². The summed E-state index contributed by atoms with van der Waals surface area (Å²) in [6.45, 7) is 4.57. The molecule has 27 heavy (non-hydrogen) atoms. The molecule has 8 heteroatoms. The number of hydrogen-bond donors (Lipinski definition) is 3. The Morgan fingerprint density at radius 3 is 1.63 bits per heavy atom. The lowest BCUT2D eigenvalue weighted by Gasteiger charge is -2.14. The summed E-state index contributed by atoms with van der Waals surface area (Å²) in [5, 5.41) is 24.8. The highest BCUT2D eigenvalue weighted by molar-refractivity contribution is 9.09. The molecule has 0 amide bonds. The third-order valence-electron chi connectivity index (χ3n) is 3.52. The van der Waals surface area contributed by atoms with Crippen molar-refractivity contribution in [3.63, 3.8) is 0 Å². The van der Waals surface area contributed by atoms with Crippen LogP contribution in [0.1, 0.15) is 37.2 Å². The van der Waals surface area contributed by atoms with Crippen molar-refractivity contribution in [2.24, 2.45) is 0 Å². The minimum absolute atomic E-state index is 0.349. The Morgan fingerprint density at radius 1 is 0.815 bits per heavy atom. The summed E-state index contributed by atoms with van der Waals surface area (Å²) in [6, 6.07) is 10.6. The van der Waals surface area contributed by atoms with Crippen LogP contribution in [0.5, 0.6) is 0 Å². The molecule has 2 atom stereocenters. The molecular weight excluding hydrogens is 496 g/mol. The molecule has 2 aromatic rings. The summed E-state index contributed by atoms with van der Waals surface area (Å²) in [5.41, 5.74) is 1.54. The van der Waals surface area contributed by atoms with Crippen LogP contribution in [-0.2, 0) is 0 Å². The highest BCUT2D eigenvalue weighted by atomic mass is 79.9. The Morgan fingerprint density at radius 2 is 1.26 bits per heavy atom. The molecule has 0 radical (unpaired) electrons. The van der Waals surface area contributed by atoms with E-state index in [0.29, 0.717) is 38.0 Å². The van der Waals surface area contributed by atoms with Crippen molar-refractivity contribution >= 4 is 62.3 Å². The van der Waals surface area contributed by atoms with E-state index in [1.165, 1.54) is 0 Å². The van der Waals surface area contributed by atoms with Gasteiger partial charge in [-0.1, -0.05) is 88.3 Å². The first-order valence-electron chi connectivity index (χ1n) is 8.21. The van der Waals surface area contributed by atoms with Gasteiger partial charge >= 0.3 is 0 Å². The summed E-state index contributed by atoms with van der Waals surface area (Å²) in [7, 11) is 0. The van der Waals surface area contributed by atoms with Crippen LogP contribution in [0.4, 0.5) is 0 Å². The average Bonchev–Trinajstić information content (AvgIpc) is 2.64. The van der Waals surface area contributed by atoms with E-state index in [1.54, 1.807) is 36.4 Å². The molecule has 0 aliphatic rings. The Balaban J connectivity index is 0.000000277. The maximum absolute atomic E-state index is 9.82. The van der Waals surface area contributed by atoms with Crippen molar-refractivity contribution in [3.8, 4) is 0 Å². The number of nitrogens with one attached hydrogen (secondary N) is 1. The number of alkyl halides is 1. The first kappa shape index (κ1) is 25.0. The smallest absolute Gasteiger partial charge is 0.0915 e. The van der Waals surface area contributed by atoms with Crippen LogP contribution >= 0.6 is 62.3 Å². The number of benzene rings is 2. The maximum Gasteiger partial charge on any atom is 0.0915 e. The SMILES string of the molecule is CC(C)NCC(O)c1ccc(Cl)c(Cl)c1.OC(CBr)c1ccc(Cl)c(Cl)c1. The van der Waals surface area contributed by atoms with Crippen LogP contribution in [0.25, 0.3) is 0 Å². The Hall–Kier alpha value is -0.0400. The van der Waals surface area contributed by atoms with Gasteiger partial charge in [0.2, 0.25) is 0 Å². The molecule has 0 saturated carbocycles. The van der Waals surface area contributed by atoms with Crippen LogP contribution in [-0.4, -0.2) is 28.1 Å². The van der Waals surface area contributed by atoms with Crippen molar-refractivity contribution in [1.82, 2.24) is 5.32 Å². The number of halogens is 5. The van der Waals surface area contributed by atoms with Crippen molar-refractivity contribution in [1.29, 1.82) is 0 Å². The second-order valence-electron chi connectivity index (χ2n) is 6.10. The Labute approximate surface area is 188 Å². The monoisotopic (exact) mass is 515 g/mol. The van der Waals surface area contributed by atoms with Gasteiger partial charge in [0.25, 0.3) is 0 Å². The van der Waals surface area contributed by atoms with E-state index in [-0.39, 0.29) is 0 Å². The molecule has 0 aliphatic carbocycles. The highest BCUT2D eigenvalue weighted by Gasteiger charge is 2.09. The molecule has 3 nitrogen and oxygen atoms in total. The number of rotatable bonds is 6. The van der Waals surface area contributed by atoms with E-state index in [9.17, 15) is 10.2 Å². The molecule has 150 valence electrons. The topological polar surface area (TPSA) is 52.5 Å². The van der Waals surface area contributed by atoms with Crippen LogP contribution in [0.2, 0.25) is 20.1 Å². The van der Waals surface area contributed by atoms with Crippen LogP contribution in [0.15, 0.2) is 36.4 Å². The molecule has 0 bridgehead atoms. The van der Waals surface area contributed by atoms with Gasteiger partial charge < -0.3 is 15.5 Å². The maximum atomic E-state index is 9.82. The van der Waals surface area contributed by atoms with E-state index in [4.69, 9.17) is 46.4 Å². The summed E-state index contributed by atoms with van der Waals surface area (Å²) in [5.74, 6) is 0. The highest BCUT2D eigenvalue weighted by Crippen LogP contribution is 2.26. The number of hydrogen-bond acceptors (Lipinski definition) is 3. The van der Waals surface area contributed by atoms with E-state index < -0.39 is 12.2 Å². The van der Waals surface area contributed by atoms with Crippen molar-refractivity contribution in [2.75, 3.05) is 11.9 Å². The second-order valence-corrected chi connectivity index (χ2v) is 8.37. The predicted octanol–water partition coefficient (Wildman–Crippen LogP) is 6.45. The van der Waals surface area contributed by atoms with E-state index in [2.05, 4.69) is 21.2 Å². The van der Waals surface area contributed by atoms with Gasteiger partial charge in [0.1, 0.15) is 0 Å². The second kappa shape index (κ2) is 12.5. The lowest BCUT2D eigenvalue weighted by Crippen LogP contribution is -2.27. The lowest BCUT2D eigenvalue weighted by molar-refractivity contribution is 0.171. The van der Waals surface area contributed by atoms with Gasteiger partial charge in [-0.05, 0) is 35.4 Å². The standard InChI is InChI=1S/C11H15Cl2NO.C8H7BrCl2O/c1-7(2)14-6-11(15)8-3-4-9(12)10(13)5-8;9-4-8(12)5-1-2-6(10)7(11)3-5/h3-5,7,11,14-15H,6H2,1-2H3;1-3,8,12H,4H2. The van der Waals surface area contributed by atoms with Gasteiger partial charge in [0, 0.05) is 17.9 Å². The minimum Gasteiger partial charge on any atom is -0.388 e. The average molecular weight is 518 g/mol. The van der Waals surface area contributed by atoms with Crippen molar-refractivity contribution in [3.05, 3.63) is 67.6 Å². The zero-order chi connectivity index (χ0) is 20.6. The van der Waals surface area contributed by atoms with E-state index >= 15 is 0 Å². The first-order valence-corrected chi connectivity index (χ1v) is 10.8. The summed E-state index contributed by atoms with van der Waals surface area (Å²) in [4.78, 5) is 0. The molecule has 0 aromatic heterocycles. The first-order chi connectivity index (χ1) is 12.6. The molecular formula is C19H22BrCl4NO2. The van der Waals surface area contributed by atoms with Gasteiger partial charge in [-0.25, -0.2) is 0 Å². The van der Waals surface area contributed by atoms with Crippen LogP contribution < -0.4 is 5.32 Å². The summed E-state index contributed by atoms with van der Waals surface area (Å²) in [6.07, 6.45) is -1.08. The summed E-state index contributed by atoms with van der Waals surface area (Å²) < 4.78 is 0. The number of aliphatic hydroxyl groups excluding tert-OH is 2. The molecule has 0 fully saturated rings. The van der Waals surface area contributed by atoms with Gasteiger partial charge in [-0.2, -0.15) is 0 Å². The molecule has 2 rings (SSSR count). The normalized spacial score (nSPS) is 13.1. The molecule has 3 N–H and O–H groups in total. The molecule has 0 saturated heterocycles. The molecule has 2 aromatic carbocycles. The van der Waals surface area contributed by atoms with E-state index in [1.807, 2.05) is 13.8 Å². The third kappa shape index (κ3) is 8.88. The third-order valence-corrected chi connectivity index (χ3v) is 5.61. The summed E-state index contributed by atoms with van der Waals surface area (Å²) >= 11 is 26.3. The van der Waals surface area contributed by atoms with Crippen molar-refractivity contribution in [2.45, 2.75) is 32.1 Å². The van der Waals surface area contributed by atoms with E-state index in [0.717, 1.165) is 11.1 Å². The lowest BCUT2D eigenvalue weighted by atomic mass is 10.1. The molecule has 0 spiro atoms. The Bertz CT molecular complexity index is 731. The Kier molecular flexibility index (Phi) is 11.6. The number of aliphatic hydroxyl groups is 2. The van der Waals surface area contributed by atoms with Crippen LogP contribution in [0.3, 0.4) is 0 Å². The van der Waals surface area contributed by atoms with Gasteiger partial charge in [-0.3, -0.25) is 0 Å². The molecule has 0 heterocycles. The quantitative estimate of drug-likeness (QED) is 0.386. The zero-order valence-corrected chi connectivity index (χ0v) is 19.5. The predicted molar refractivity (Wildman–Crippen MR) is 120 cm³/mol.